The monoisotopic (exact) mass is 361 g/mol. The highest BCUT2D eigenvalue weighted by atomic mass is 79.9. The molecular formula is C11H6BrCl2N3S. The number of thiophene rings is 1. The quantitative estimate of drug-likeness (QED) is 0.680. The van der Waals surface area contributed by atoms with Gasteiger partial charge in [-0.1, -0.05) is 23.2 Å². The first-order valence-corrected chi connectivity index (χ1v) is 7.31. The Labute approximate surface area is 125 Å². The van der Waals surface area contributed by atoms with E-state index in [2.05, 4.69) is 20.9 Å². The van der Waals surface area contributed by atoms with Gasteiger partial charge in [-0.05, 0) is 34.1 Å². The van der Waals surface area contributed by atoms with E-state index < -0.39 is 0 Å². The number of fused-ring (bicyclic) bond motifs is 1. The average molecular weight is 363 g/mol. The average Bonchev–Trinajstić information content (AvgIpc) is 2.85. The molecule has 0 radical (unpaired) electrons. The maximum Gasteiger partial charge on any atom is 0.158 e. The van der Waals surface area contributed by atoms with Crippen LogP contribution in [0.4, 0.5) is 5.82 Å². The highest BCUT2D eigenvalue weighted by molar-refractivity contribution is 9.11. The van der Waals surface area contributed by atoms with Crippen LogP contribution in [0.25, 0.3) is 16.2 Å². The van der Waals surface area contributed by atoms with Crippen LogP contribution in [0.2, 0.25) is 10.0 Å². The number of hydrogen-bond donors (Lipinski definition) is 1. The summed E-state index contributed by atoms with van der Waals surface area (Å²) >= 11 is 17.1. The van der Waals surface area contributed by atoms with Crippen LogP contribution >= 0.6 is 50.5 Å². The van der Waals surface area contributed by atoms with Crippen LogP contribution in [-0.4, -0.2) is 9.38 Å². The van der Waals surface area contributed by atoms with Crippen LogP contribution in [0.3, 0.4) is 0 Å². The maximum atomic E-state index is 6.11. The molecule has 0 aliphatic carbocycles. The topological polar surface area (TPSA) is 43.3 Å². The van der Waals surface area contributed by atoms with Gasteiger partial charge in [0.25, 0.3) is 0 Å². The van der Waals surface area contributed by atoms with Crippen molar-refractivity contribution in [3.8, 4) is 10.6 Å². The third kappa shape index (κ3) is 1.91. The molecule has 3 rings (SSSR count). The van der Waals surface area contributed by atoms with E-state index in [1.165, 1.54) is 0 Å². The fraction of sp³-hybridized carbons (Fsp3) is 0. The molecule has 92 valence electrons. The number of nitrogen functional groups attached to an aromatic ring is 1. The molecule has 0 unspecified atom stereocenters. The molecule has 0 fully saturated rings. The van der Waals surface area contributed by atoms with Gasteiger partial charge in [-0.3, -0.25) is 4.40 Å². The molecule has 7 heteroatoms. The Kier molecular flexibility index (Phi) is 3.02. The molecule has 2 N–H and O–H groups in total. The number of rotatable bonds is 1. The van der Waals surface area contributed by atoms with Crippen molar-refractivity contribution in [2.24, 2.45) is 0 Å². The van der Waals surface area contributed by atoms with Crippen molar-refractivity contribution < 1.29 is 0 Å². The number of halogens is 3. The Bertz CT molecular complexity index is 750. The lowest BCUT2D eigenvalue weighted by molar-refractivity contribution is 1.20. The Balaban J connectivity index is 2.32. The number of nitrogens with zero attached hydrogens (tertiary/aromatic N) is 2. The van der Waals surface area contributed by atoms with Crippen LogP contribution in [0.1, 0.15) is 0 Å². The zero-order valence-corrected chi connectivity index (χ0v) is 12.7. The van der Waals surface area contributed by atoms with Crippen LogP contribution in [0.5, 0.6) is 0 Å². The molecule has 18 heavy (non-hydrogen) atoms. The molecule has 0 saturated carbocycles. The number of imidazole rings is 1. The zero-order chi connectivity index (χ0) is 12.9. The van der Waals surface area contributed by atoms with Gasteiger partial charge >= 0.3 is 0 Å². The first kappa shape index (κ1) is 12.3. The largest absolute Gasteiger partial charge is 0.383 e. The molecule has 3 heterocycles. The predicted molar refractivity (Wildman–Crippen MR) is 80.6 cm³/mol. The third-order valence-corrected chi connectivity index (χ3v) is 4.60. The van der Waals surface area contributed by atoms with Crippen molar-refractivity contribution in [1.29, 1.82) is 0 Å². The standard InChI is InChI=1S/C11H6BrCl2N3S/c12-8-2-1-7(18-8)9-10(15)17-4-5(13)3-6(14)11(17)16-9/h1-4H,15H2. The highest BCUT2D eigenvalue weighted by Crippen LogP contribution is 2.36. The van der Waals surface area contributed by atoms with Gasteiger partial charge in [0, 0.05) is 6.20 Å². The minimum Gasteiger partial charge on any atom is -0.383 e. The zero-order valence-electron chi connectivity index (χ0n) is 8.82. The molecule has 0 saturated heterocycles. The fourth-order valence-electron chi connectivity index (χ4n) is 1.71. The number of nitrogens with two attached hydrogens (primary N) is 1. The molecule has 0 aromatic carbocycles. The van der Waals surface area contributed by atoms with Crippen LogP contribution in [0.15, 0.2) is 28.2 Å². The third-order valence-electron chi connectivity index (χ3n) is 2.49. The van der Waals surface area contributed by atoms with Crippen molar-refractivity contribution >= 4 is 61.9 Å². The van der Waals surface area contributed by atoms with E-state index >= 15 is 0 Å². The van der Waals surface area contributed by atoms with Gasteiger partial charge in [0.05, 0.1) is 18.7 Å². The van der Waals surface area contributed by atoms with Gasteiger partial charge in [0.15, 0.2) is 5.65 Å². The number of aromatic nitrogens is 2. The molecule has 3 nitrogen and oxygen atoms in total. The van der Waals surface area contributed by atoms with Gasteiger partial charge in [-0.25, -0.2) is 4.98 Å². The van der Waals surface area contributed by atoms with Crippen LogP contribution < -0.4 is 5.73 Å². The van der Waals surface area contributed by atoms with Gasteiger partial charge in [0.2, 0.25) is 0 Å². The summed E-state index contributed by atoms with van der Waals surface area (Å²) in [6.07, 6.45) is 1.71. The second-order valence-electron chi connectivity index (χ2n) is 3.65. The van der Waals surface area contributed by atoms with Crippen molar-refractivity contribution in [2.45, 2.75) is 0 Å². The molecule has 3 aromatic heterocycles. The maximum absolute atomic E-state index is 6.11. The van der Waals surface area contributed by atoms with Gasteiger partial charge in [-0.2, -0.15) is 0 Å². The predicted octanol–water partition coefficient (Wildman–Crippen LogP) is 4.71. The first-order valence-electron chi connectivity index (χ1n) is 4.94. The Hall–Kier alpha value is -0.750. The van der Waals surface area contributed by atoms with Crippen molar-refractivity contribution in [3.63, 3.8) is 0 Å². The van der Waals surface area contributed by atoms with E-state index in [1.54, 1.807) is 28.0 Å². The summed E-state index contributed by atoms with van der Waals surface area (Å²) in [7, 11) is 0. The van der Waals surface area contributed by atoms with E-state index in [-0.39, 0.29) is 0 Å². The molecule has 0 aliphatic heterocycles. The van der Waals surface area contributed by atoms with E-state index in [4.69, 9.17) is 28.9 Å². The minimum atomic E-state index is 0.482. The summed E-state index contributed by atoms with van der Waals surface area (Å²) in [4.78, 5) is 5.46. The van der Waals surface area contributed by atoms with Crippen LogP contribution in [0, 0.1) is 0 Å². The molecular weight excluding hydrogens is 357 g/mol. The Morgan fingerprint density at radius 1 is 1.33 bits per heavy atom. The smallest absolute Gasteiger partial charge is 0.158 e. The summed E-state index contributed by atoms with van der Waals surface area (Å²) < 4.78 is 2.73. The highest BCUT2D eigenvalue weighted by Gasteiger charge is 2.15. The molecule has 0 bridgehead atoms. The first-order chi connectivity index (χ1) is 8.56. The summed E-state index contributed by atoms with van der Waals surface area (Å²) in [5.41, 5.74) is 7.42. The lowest BCUT2D eigenvalue weighted by atomic mass is 10.3. The minimum absolute atomic E-state index is 0.482. The van der Waals surface area contributed by atoms with Gasteiger partial charge in [0.1, 0.15) is 11.5 Å². The number of anilines is 1. The second-order valence-corrected chi connectivity index (χ2v) is 6.96. The fourth-order valence-corrected chi connectivity index (χ4v) is 3.61. The SMILES string of the molecule is Nc1c(-c2ccc(Br)s2)nc2c(Cl)cc(Cl)cn12. The summed E-state index contributed by atoms with van der Waals surface area (Å²) in [5.74, 6) is 0.531. The van der Waals surface area contributed by atoms with Crippen molar-refractivity contribution in [1.82, 2.24) is 9.38 Å². The Morgan fingerprint density at radius 2 is 2.11 bits per heavy atom. The molecule has 0 aliphatic rings. The molecule has 0 spiro atoms. The summed E-state index contributed by atoms with van der Waals surface area (Å²) in [6.45, 7) is 0. The molecule has 3 aromatic rings. The van der Waals surface area contributed by atoms with E-state index in [0.717, 1.165) is 14.4 Å². The van der Waals surface area contributed by atoms with Gasteiger partial charge in [-0.15, -0.1) is 11.3 Å². The van der Waals surface area contributed by atoms with E-state index in [0.29, 0.717) is 21.5 Å². The van der Waals surface area contributed by atoms with Crippen molar-refractivity contribution in [2.75, 3.05) is 5.73 Å². The lowest BCUT2D eigenvalue weighted by Gasteiger charge is -1.99. The second kappa shape index (κ2) is 4.42. The summed E-state index contributed by atoms with van der Waals surface area (Å²) in [6, 6.07) is 5.57. The number of hydrogen-bond acceptors (Lipinski definition) is 3. The summed E-state index contributed by atoms with van der Waals surface area (Å²) in [5, 5.41) is 1.01. The van der Waals surface area contributed by atoms with Gasteiger partial charge < -0.3 is 5.73 Å². The molecule has 0 amide bonds. The number of pyridine rings is 1. The lowest BCUT2D eigenvalue weighted by Crippen LogP contribution is -1.93. The molecule has 0 atom stereocenters. The van der Waals surface area contributed by atoms with Crippen molar-refractivity contribution in [3.05, 3.63) is 38.2 Å². The van der Waals surface area contributed by atoms with E-state index in [9.17, 15) is 0 Å². The van der Waals surface area contributed by atoms with Crippen LogP contribution in [-0.2, 0) is 0 Å². The van der Waals surface area contributed by atoms with E-state index in [1.807, 2.05) is 12.1 Å². The normalized spacial score (nSPS) is 11.3. The Morgan fingerprint density at radius 3 is 2.78 bits per heavy atom.